The molecule has 3 rings (SSSR count). The summed E-state index contributed by atoms with van der Waals surface area (Å²) in [6.45, 7) is 9.02. The van der Waals surface area contributed by atoms with E-state index in [4.69, 9.17) is 15.3 Å². The Morgan fingerprint density at radius 2 is 1.79 bits per heavy atom. The maximum Gasteiger partial charge on any atom is 0.171 e. The number of hydrogen-bond donors (Lipinski definition) is 1. The number of aromatic nitrogens is 3. The highest BCUT2D eigenvalue weighted by atomic mass is 16.6. The number of benzene rings is 1. The van der Waals surface area contributed by atoms with E-state index in [1.807, 2.05) is 44.2 Å². The summed E-state index contributed by atoms with van der Waals surface area (Å²) in [5.41, 5.74) is 11.0. The number of oxime groups is 1. The largest absolute Gasteiger partial charge is 0.493 e. The molecule has 0 fully saturated rings. The fourth-order valence-electron chi connectivity index (χ4n) is 3.02. The molecule has 29 heavy (non-hydrogen) atoms. The van der Waals surface area contributed by atoms with Crippen LogP contribution in [0.4, 0.5) is 0 Å². The SMILES string of the molecule is Cc1cc(C)cc(OCCCO/N=C(\N)c2ccc(-n3nc(C)cc3C)nc2)c1. The van der Waals surface area contributed by atoms with E-state index in [0.717, 1.165) is 23.0 Å². The van der Waals surface area contributed by atoms with Crippen LogP contribution in [0.1, 0.15) is 34.5 Å². The molecule has 0 saturated carbocycles. The number of pyridine rings is 1. The first-order valence-corrected chi connectivity index (χ1v) is 9.59. The van der Waals surface area contributed by atoms with Crippen molar-refractivity contribution < 1.29 is 9.57 Å². The van der Waals surface area contributed by atoms with E-state index in [9.17, 15) is 0 Å². The molecule has 0 aliphatic carbocycles. The molecule has 0 aliphatic rings. The third kappa shape index (κ3) is 5.57. The van der Waals surface area contributed by atoms with Gasteiger partial charge in [0.25, 0.3) is 0 Å². The molecule has 0 atom stereocenters. The zero-order chi connectivity index (χ0) is 20.8. The summed E-state index contributed by atoms with van der Waals surface area (Å²) in [4.78, 5) is 9.72. The third-order valence-electron chi connectivity index (χ3n) is 4.28. The van der Waals surface area contributed by atoms with Crippen molar-refractivity contribution in [2.75, 3.05) is 13.2 Å². The molecule has 0 amide bonds. The van der Waals surface area contributed by atoms with E-state index in [2.05, 4.69) is 35.2 Å². The van der Waals surface area contributed by atoms with Crippen LogP contribution < -0.4 is 10.5 Å². The van der Waals surface area contributed by atoms with Gasteiger partial charge in [0.1, 0.15) is 12.4 Å². The van der Waals surface area contributed by atoms with Gasteiger partial charge in [-0.2, -0.15) is 5.10 Å². The zero-order valence-corrected chi connectivity index (χ0v) is 17.3. The van der Waals surface area contributed by atoms with Crippen molar-refractivity contribution >= 4 is 5.84 Å². The lowest BCUT2D eigenvalue weighted by molar-refractivity contribution is 0.127. The molecule has 7 nitrogen and oxygen atoms in total. The van der Waals surface area contributed by atoms with Crippen molar-refractivity contribution in [2.24, 2.45) is 10.9 Å². The lowest BCUT2D eigenvalue weighted by Crippen LogP contribution is -2.15. The van der Waals surface area contributed by atoms with Crippen molar-refractivity contribution in [2.45, 2.75) is 34.1 Å². The third-order valence-corrected chi connectivity index (χ3v) is 4.28. The Hall–Kier alpha value is -3.35. The molecule has 2 N–H and O–H groups in total. The van der Waals surface area contributed by atoms with Crippen LogP contribution in [0.3, 0.4) is 0 Å². The van der Waals surface area contributed by atoms with Gasteiger partial charge >= 0.3 is 0 Å². The Labute approximate surface area is 171 Å². The van der Waals surface area contributed by atoms with Crippen LogP contribution in [0.2, 0.25) is 0 Å². The number of hydrogen-bond acceptors (Lipinski definition) is 5. The smallest absolute Gasteiger partial charge is 0.171 e. The van der Waals surface area contributed by atoms with Crippen LogP contribution in [0.15, 0.2) is 47.8 Å². The normalized spacial score (nSPS) is 11.5. The van der Waals surface area contributed by atoms with E-state index in [-0.39, 0.29) is 5.84 Å². The zero-order valence-electron chi connectivity index (χ0n) is 17.3. The Morgan fingerprint density at radius 1 is 1.03 bits per heavy atom. The van der Waals surface area contributed by atoms with Crippen molar-refractivity contribution in [1.29, 1.82) is 0 Å². The molecule has 3 aromatic rings. The maximum atomic E-state index is 5.99. The number of amidine groups is 1. The van der Waals surface area contributed by atoms with Gasteiger partial charge in [-0.05, 0) is 69.2 Å². The highest BCUT2D eigenvalue weighted by Gasteiger charge is 2.06. The molecule has 0 bridgehead atoms. The van der Waals surface area contributed by atoms with Gasteiger partial charge in [-0.3, -0.25) is 0 Å². The summed E-state index contributed by atoms with van der Waals surface area (Å²) in [6, 6.07) is 11.9. The minimum absolute atomic E-state index is 0.285. The number of ether oxygens (including phenoxy) is 1. The molecule has 0 unspecified atom stereocenters. The van der Waals surface area contributed by atoms with Gasteiger partial charge in [0, 0.05) is 23.9 Å². The molecular formula is C22H27N5O2. The van der Waals surface area contributed by atoms with E-state index < -0.39 is 0 Å². The second-order valence-corrected chi connectivity index (χ2v) is 7.08. The Morgan fingerprint density at radius 3 is 2.41 bits per heavy atom. The average molecular weight is 393 g/mol. The second-order valence-electron chi connectivity index (χ2n) is 7.08. The van der Waals surface area contributed by atoms with Crippen molar-refractivity contribution in [3.63, 3.8) is 0 Å². The van der Waals surface area contributed by atoms with Crippen molar-refractivity contribution in [1.82, 2.24) is 14.8 Å². The first-order chi connectivity index (χ1) is 13.9. The molecular weight excluding hydrogens is 366 g/mol. The van der Waals surface area contributed by atoms with Gasteiger partial charge in [-0.15, -0.1) is 0 Å². The summed E-state index contributed by atoms with van der Waals surface area (Å²) in [5.74, 6) is 1.89. The molecule has 7 heteroatoms. The number of nitrogens with zero attached hydrogens (tertiary/aromatic N) is 4. The van der Waals surface area contributed by atoms with Gasteiger partial charge in [0.15, 0.2) is 11.7 Å². The maximum absolute atomic E-state index is 5.99. The molecule has 2 aromatic heterocycles. The lowest BCUT2D eigenvalue weighted by atomic mass is 10.1. The standard InChI is InChI=1S/C22H27N5O2/c1-15-10-16(2)12-20(11-15)28-8-5-9-29-26-22(23)19-6-7-21(24-14-19)27-18(4)13-17(3)25-27/h6-7,10-14H,5,8-9H2,1-4H3,(H2,23,26). The minimum Gasteiger partial charge on any atom is -0.493 e. The lowest BCUT2D eigenvalue weighted by Gasteiger charge is -2.08. The van der Waals surface area contributed by atoms with Gasteiger partial charge in [0.05, 0.1) is 12.3 Å². The predicted molar refractivity (Wildman–Crippen MR) is 114 cm³/mol. The van der Waals surface area contributed by atoms with Crippen LogP contribution in [0.25, 0.3) is 5.82 Å². The number of aryl methyl sites for hydroxylation is 4. The van der Waals surface area contributed by atoms with E-state index in [1.165, 1.54) is 11.1 Å². The molecule has 0 spiro atoms. The fraction of sp³-hybridized carbons (Fsp3) is 0.318. The van der Waals surface area contributed by atoms with Crippen LogP contribution in [0, 0.1) is 27.7 Å². The average Bonchev–Trinajstić information content (AvgIpc) is 3.02. The summed E-state index contributed by atoms with van der Waals surface area (Å²) >= 11 is 0. The van der Waals surface area contributed by atoms with Crippen molar-refractivity contribution in [3.05, 3.63) is 70.7 Å². The van der Waals surface area contributed by atoms with Crippen LogP contribution in [0.5, 0.6) is 5.75 Å². The Kier molecular flexibility index (Phi) is 6.49. The highest BCUT2D eigenvalue weighted by molar-refractivity contribution is 5.96. The topological polar surface area (TPSA) is 87.5 Å². The fourth-order valence-corrected chi connectivity index (χ4v) is 3.02. The number of nitrogens with two attached hydrogens (primary N) is 1. The predicted octanol–water partition coefficient (Wildman–Crippen LogP) is 3.61. The van der Waals surface area contributed by atoms with Crippen LogP contribution in [-0.4, -0.2) is 33.8 Å². The number of rotatable bonds is 8. The van der Waals surface area contributed by atoms with Crippen LogP contribution >= 0.6 is 0 Å². The molecule has 1 aromatic carbocycles. The quantitative estimate of drug-likeness (QED) is 0.273. The molecule has 0 radical (unpaired) electrons. The van der Waals surface area contributed by atoms with Crippen molar-refractivity contribution in [3.8, 4) is 11.6 Å². The molecule has 2 heterocycles. The van der Waals surface area contributed by atoms with E-state index in [1.54, 1.807) is 10.9 Å². The second kappa shape index (κ2) is 9.23. The first-order valence-electron chi connectivity index (χ1n) is 9.59. The Balaban J connectivity index is 1.46. The molecule has 0 aliphatic heterocycles. The van der Waals surface area contributed by atoms with Crippen LogP contribution in [-0.2, 0) is 4.84 Å². The van der Waals surface area contributed by atoms with Gasteiger partial charge in [0.2, 0.25) is 0 Å². The first kappa shape index (κ1) is 20.4. The van der Waals surface area contributed by atoms with Gasteiger partial charge in [-0.1, -0.05) is 11.2 Å². The summed E-state index contributed by atoms with van der Waals surface area (Å²) in [5, 5.41) is 8.39. The monoisotopic (exact) mass is 393 g/mol. The minimum atomic E-state index is 0.285. The van der Waals surface area contributed by atoms with Gasteiger partial charge in [-0.25, -0.2) is 9.67 Å². The van der Waals surface area contributed by atoms with E-state index >= 15 is 0 Å². The highest BCUT2D eigenvalue weighted by Crippen LogP contribution is 2.16. The Bertz CT molecular complexity index is 973. The molecule has 152 valence electrons. The van der Waals surface area contributed by atoms with E-state index in [0.29, 0.717) is 25.2 Å². The van der Waals surface area contributed by atoms with Gasteiger partial charge < -0.3 is 15.3 Å². The summed E-state index contributed by atoms with van der Waals surface area (Å²) in [6.07, 6.45) is 2.37. The summed E-state index contributed by atoms with van der Waals surface area (Å²) < 4.78 is 7.54. The summed E-state index contributed by atoms with van der Waals surface area (Å²) in [7, 11) is 0. The molecule has 0 saturated heterocycles.